The molecule has 19 heavy (non-hydrogen) atoms. The second kappa shape index (κ2) is 10.7. The topological polar surface area (TPSA) is 6.48 Å². The van der Waals surface area contributed by atoms with E-state index in [9.17, 15) is 0 Å². The largest absolute Gasteiger partial charge is 0.309 e. The zero-order valence-electron chi connectivity index (χ0n) is 14.6. The molecule has 0 aliphatic rings. The van der Waals surface area contributed by atoms with Gasteiger partial charge < -0.3 is 9.80 Å². The van der Waals surface area contributed by atoms with Crippen molar-refractivity contribution in [3.05, 3.63) is 0 Å². The third-order valence-corrected chi connectivity index (χ3v) is 4.32. The molecule has 0 aromatic rings. The number of hydrogen-bond acceptors (Lipinski definition) is 2. The highest BCUT2D eigenvalue weighted by Gasteiger charge is 2.08. The summed E-state index contributed by atoms with van der Waals surface area (Å²) >= 11 is 0. The molecule has 0 amide bonds. The summed E-state index contributed by atoms with van der Waals surface area (Å²) in [5.41, 5.74) is 0. The maximum absolute atomic E-state index is 2.45. The molecule has 2 heteroatoms. The van der Waals surface area contributed by atoms with E-state index in [1.807, 2.05) is 0 Å². The molecule has 0 heterocycles. The predicted octanol–water partition coefficient (Wildman–Crippen LogP) is 4.11. The second-order valence-electron chi connectivity index (χ2n) is 7.10. The first kappa shape index (κ1) is 18.9. The van der Waals surface area contributed by atoms with Crippen molar-refractivity contribution in [2.75, 3.05) is 34.2 Å². The Hall–Kier alpha value is -0.0800. The molecule has 0 N–H and O–H groups in total. The molecule has 0 rings (SSSR count). The van der Waals surface area contributed by atoms with Gasteiger partial charge in [0.2, 0.25) is 0 Å². The van der Waals surface area contributed by atoms with Gasteiger partial charge in [-0.1, -0.05) is 33.1 Å². The number of rotatable bonds is 11. The van der Waals surface area contributed by atoms with Gasteiger partial charge in [0, 0.05) is 6.04 Å². The average Bonchev–Trinajstić information content (AvgIpc) is 2.33. The van der Waals surface area contributed by atoms with Gasteiger partial charge in [0.15, 0.2) is 0 Å². The molecule has 0 bridgehead atoms. The van der Waals surface area contributed by atoms with Crippen LogP contribution >= 0.6 is 0 Å². The van der Waals surface area contributed by atoms with Crippen molar-refractivity contribution in [3.63, 3.8) is 0 Å². The fourth-order valence-electron chi connectivity index (χ4n) is 2.26. The van der Waals surface area contributed by atoms with Crippen molar-refractivity contribution < 1.29 is 0 Å². The van der Waals surface area contributed by atoms with Gasteiger partial charge in [-0.25, -0.2) is 0 Å². The van der Waals surface area contributed by atoms with Gasteiger partial charge in [-0.2, -0.15) is 0 Å². The van der Waals surface area contributed by atoms with E-state index in [2.05, 4.69) is 58.6 Å². The van der Waals surface area contributed by atoms with E-state index in [4.69, 9.17) is 0 Å². The summed E-state index contributed by atoms with van der Waals surface area (Å²) in [7, 11) is 6.57. The minimum atomic E-state index is 0.679. The molecule has 0 aliphatic heterocycles. The molecule has 2 unspecified atom stereocenters. The highest BCUT2D eigenvalue weighted by atomic mass is 15.1. The van der Waals surface area contributed by atoms with Gasteiger partial charge in [-0.15, -0.1) is 0 Å². The van der Waals surface area contributed by atoms with E-state index < -0.39 is 0 Å². The van der Waals surface area contributed by atoms with E-state index in [1.54, 1.807) is 0 Å². The zero-order chi connectivity index (χ0) is 14.8. The molecule has 0 spiro atoms. The van der Waals surface area contributed by atoms with E-state index in [0.717, 1.165) is 11.8 Å². The van der Waals surface area contributed by atoms with Crippen LogP contribution in [0.25, 0.3) is 0 Å². The summed E-state index contributed by atoms with van der Waals surface area (Å²) < 4.78 is 0. The van der Waals surface area contributed by atoms with Crippen molar-refractivity contribution in [3.8, 4) is 0 Å². The van der Waals surface area contributed by atoms with Crippen LogP contribution in [0.3, 0.4) is 0 Å². The highest BCUT2D eigenvalue weighted by Crippen LogP contribution is 2.18. The normalized spacial score (nSPS) is 15.5. The van der Waals surface area contributed by atoms with Gasteiger partial charge >= 0.3 is 0 Å². The summed E-state index contributed by atoms with van der Waals surface area (Å²) in [4.78, 5) is 4.75. The third-order valence-electron chi connectivity index (χ3n) is 4.32. The van der Waals surface area contributed by atoms with E-state index >= 15 is 0 Å². The van der Waals surface area contributed by atoms with Crippen LogP contribution in [0.5, 0.6) is 0 Å². The van der Waals surface area contributed by atoms with Crippen molar-refractivity contribution >= 4 is 0 Å². The fourth-order valence-corrected chi connectivity index (χ4v) is 2.26. The molecule has 2 atom stereocenters. The molecule has 0 aliphatic carbocycles. The van der Waals surface area contributed by atoms with Crippen molar-refractivity contribution in [1.29, 1.82) is 0 Å². The van der Waals surface area contributed by atoms with Crippen LogP contribution in [0.4, 0.5) is 0 Å². The van der Waals surface area contributed by atoms with Crippen LogP contribution < -0.4 is 0 Å². The van der Waals surface area contributed by atoms with Crippen LogP contribution in [0.2, 0.25) is 0 Å². The molecular weight excluding hydrogens is 232 g/mol. The molecule has 0 radical (unpaired) electrons. The first-order valence-corrected chi connectivity index (χ1v) is 8.17. The predicted molar refractivity (Wildman–Crippen MR) is 87.7 cm³/mol. The Morgan fingerprint density at radius 3 is 1.58 bits per heavy atom. The molecule has 2 nitrogen and oxygen atoms in total. The molecule has 116 valence electrons. The Morgan fingerprint density at radius 2 is 1.16 bits per heavy atom. The van der Waals surface area contributed by atoms with E-state index in [-0.39, 0.29) is 0 Å². The van der Waals surface area contributed by atoms with E-state index in [0.29, 0.717) is 6.04 Å². The monoisotopic (exact) mass is 270 g/mol. The smallest absolute Gasteiger partial charge is 0.00355 e. The van der Waals surface area contributed by atoms with Gasteiger partial charge in [-0.3, -0.25) is 0 Å². The first-order chi connectivity index (χ1) is 8.82. The first-order valence-electron chi connectivity index (χ1n) is 8.17. The lowest BCUT2D eigenvalue weighted by Gasteiger charge is -2.23. The fraction of sp³-hybridized carbons (Fsp3) is 1.00. The minimum absolute atomic E-state index is 0.679. The van der Waals surface area contributed by atoms with Crippen molar-refractivity contribution in [2.45, 2.75) is 65.8 Å². The van der Waals surface area contributed by atoms with Gasteiger partial charge in [0.05, 0.1) is 0 Å². The number of nitrogens with zero attached hydrogens (tertiary/aromatic N) is 2. The van der Waals surface area contributed by atoms with Crippen LogP contribution in [-0.4, -0.2) is 50.1 Å². The number of hydrogen-bond donors (Lipinski definition) is 0. The quantitative estimate of drug-likeness (QED) is 0.557. The summed E-state index contributed by atoms with van der Waals surface area (Å²) in [6.07, 6.45) is 6.90. The summed E-state index contributed by atoms with van der Waals surface area (Å²) in [5, 5.41) is 0. The maximum Gasteiger partial charge on any atom is 0.00355 e. The zero-order valence-corrected chi connectivity index (χ0v) is 14.6. The summed E-state index contributed by atoms with van der Waals surface area (Å²) in [6.45, 7) is 11.8. The van der Waals surface area contributed by atoms with Crippen LogP contribution in [0.15, 0.2) is 0 Å². The maximum atomic E-state index is 2.45. The van der Waals surface area contributed by atoms with Crippen LogP contribution in [0, 0.1) is 11.8 Å². The lowest BCUT2D eigenvalue weighted by molar-refractivity contribution is 0.249. The Labute approximate surface area is 122 Å². The van der Waals surface area contributed by atoms with Crippen LogP contribution in [0.1, 0.15) is 59.8 Å². The van der Waals surface area contributed by atoms with Crippen LogP contribution in [-0.2, 0) is 0 Å². The molecule has 0 saturated heterocycles. The molecule has 0 aromatic carbocycles. The Morgan fingerprint density at radius 1 is 0.684 bits per heavy atom. The standard InChI is InChI=1S/C17H38N2/c1-15(2)19(7)14-12-17(4)10-8-9-16(3)11-13-18(5)6/h15-17H,8-14H2,1-7H3. The van der Waals surface area contributed by atoms with Gasteiger partial charge in [0.1, 0.15) is 0 Å². The molecule has 0 saturated carbocycles. The second-order valence-corrected chi connectivity index (χ2v) is 7.10. The highest BCUT2D eigenvalue weighted by molar-refractivity contribution is 4.62. The molecule has 0 fully saturated rings. The average molecular weight is 271 g/mol. The Kier molecular flexibility index (Phi) is 10.6. The third kappa shape index (κ3) is 11.4. The van der Waals surface area contributed by atoms with Crippen molar-refractivity contribution in [1.82, 2.24) is 9.80 Å². The molecule has 0 aromatic heterocycles. The summed E-state index contributed by atoms with van der Waals surface area (Å²) in [5.74, 6) is 1.76. The SMILES string of the molecule is CC(CCCC(C)CCN(C)C(C)C)CCN(C)C. The van der Waals surface area contributed by atoms with Gasteiger partial charge in [-0.05, 0) is 72.8 Å². The Balaban J connectivity index is 3.54. The van der Waals surface area contributed by atoms with Crippen molar-refractivity contribution in [2.24, 2.45) is 11.8 Å². The molecular formula is C17H38N2. The lowest BCUT2D eigenvalue weighted by Crippen LogP contribution is -2.28. The summed E-state index contributed by atoms with van der Waals surface area (Å²) in [6, 6.07) is 0.679. The lowest BCUT2D eigenvalue weighted by atomic mass is 9.95. The van der Waals surface area contributed by atoms with Gasteiger partial charge in [0.25, 0.3) is 0 Å². The minimum Gasteiger partial charge on any atom is -0.309 e. The Bertz CT molecular complexity index is 201. The van der Waals surface area contributed by atoms with E-state index in [1.165, 1.54) is 45.2 Å².